The summed E-state index contributed by atoms with van der Waals surface area (Å²) in [5.41, 5.74) is 1.11. The topological polar surface area (TPSA) is 80.3 Å². The summed E-state index contributed by atoms with van der Waals surface area (Å²) >= 11 is 0. The minimum absolute atomic E-state index is 0.0437. The van der Waals surface area contributed by atoms with Crippen LogP contribution in [0.25, 0.3) is 0 Å². The Morgan fingerprint density at radius 1 is 1.02 bits per heavy atom. The van der Waals surface area contributed by atoms with Crippen molar-refractivity contribution < 1.29 is 23.8 Å². The van der Waals surface area contributed by atoms with Crippen LogP contribution in [-0.4, -0.2) is 80.9 Å². The molecule has 8 heteroatoms. The lowest BCUT2D eigenvalue weighted by Crippen LogP contribution is -2.55. The number of piperidine rings is 1. The molecule has 218 valence electrons. The Kier molecular flexibility index (Phi) is 9.41. The molecular formula is C32H45N3O5. The number of para-hydroxylation sites is 2. The fraction of sp³-hybridized carbons (Fsp3) is 0.562. The van der Waals surface area contributed by atoms with Crippen LogP contribution < -0.4 is 10.1 Å². The number of carbonyl (C=O) groups is 2. The summed E-state index contributed by atoms with van der Waals surface area (Å²) in [5.74, 6) is 1.26. The van der Waals surface area contributed by atoms with Crippen LogP contribution in [0, 0.1) is 5.92 Å². The van der Waals surface area contributed by atoms with Gasteiger partial charge in [-0.15, -0.1) is 0 Å². The van der Waals surface area contributed by atoms with Gasteiger partial charge >= 0.3 is 6.09 Å². The van der Waals surface area contributed by atoms with Crippen LogP contribution in [0.1, 0.15) is 57.6 Å². The molecule has 1 saturated heterocycles. The lowest BCUT2D eigenvalue weighted by atomic mass is 9.69. The van der Waals surface area contributed by atoms with Crippen molar-refractivity contribution in [3.8, 4) is 11.5 Å². The van der Waals surface area contributed by atoms with E-state index in [1.165, 1.54) is 0 Å². The van der Waals surface area contributed by atoms with Crippen molar-refractivity contribution in [1.82, 2.24) is 15.1 Å². The molecule has 2 aromatic carbocycles. The summed E-state index contributed by atoms with van der Waals surface area (Å²) in [6.45, 7) is 7.58. The van der Waals surface area contributed by atoms with E-state index in [0.29, 0.717) is 32.7 Å². The smallest absolute Gasteiger partial charge is 0.410 e. The average molecular weight is 552 g/mol. The van der Waals surface area contributed by atoms with E-state index >= 15 is 0 Å². The van der Waals surface area contributed by atoms with E-state index in [2.05, 4.69) is 22.3 Å². The van der Waals surface area contributed by atoms with Crippen LogP contribution in [0.3, 0.4) is 0 Å². The van der Waals surface area contributed by atoms with Gasteiger partial charge in [0, 0.05) is 55.9 Å². The monoisotopic (exact) mass is 551 g/mol. The van der Waals surface area contributed by atoms with Crippen LogP contribution >= 0.6 is 0 Å². The molecule has 0 aliphatic carbocycles. The van der Waals surface area contributed by atoms with E-state index in [0.717, 1.165) is 41.9 Å². The second-order valence-electron chi connectivity index (χ2n) is 12.3. The highest BCUT2D eigenvalue weighted by Crippen LogP contribution is 2.50. The number of rotatable bonds is 9. The maximum Gasteiger partial charge on any atom is 0.410 e. The number of nitrogens with zero attached hydrogens (tertiary/aromatic N) is 2. The number of likely N-dealkylation sites (N-methyl/N-ethyl adjacent to an activating group) is 1. The summed E-state index contributed by atoms with van der Waals surface area (Å²) in [4.78, 5) is 30.6. The number of carbonyl (C=O) groups excluding carboxylic acids is 2. The summed E-state index contributed by atoms with van der Waals surface area (Å²) in [6, 6.07) is 16.3. The molecule has 0 saturated carbocycles. The third kappa shape index (κ3) is 6.78. The summed E-state index contributed by atoms with van der Waals surface area (Å²) in [7, 11) is 5.70. The number of amides is 2. The number of ether oxygens (including phenoxy) is 3. The normalized spacial score (nSPS) is 19.8. The highest BCUT2D eigenvalue weighted by Gasteiger charge is 2.43. The molecule has 0 bridgehead atoms. The van der Waals surface area contributed by atoms with Crippen molar-refractivity contribution in [2.24, 2.45) is 5.92 Å². The Labute approximate surface area is 239 Å². The largest absolute Gasteiger partial charge is 0.457 e. The molecule has 2 amide bonds. The molecule has 2 atom stereocenters. The summed E-state index contributed by atoms with van der Waals surface area (Å²) in [6.07, 6.45) is 3.00. The van der Waals surface area contributed by atoms with Gasteiger partial charge in [0.05, 0.1) is 5.92 Å². The highest BCUT2D eigenvalue weighted by atomic mass is 16.6. The van der Waals surface area contributed by atoms with Gasteiger partial charge in [-0.3, -0.25) is 4.79 Å². The zero-order chi connectivity index (χ0) is 28.9. The van der Waals surface area contributed by atoms with E-state index < -0.39 is 11.0 Å². The summed E-state index contributed by atoms with van der Waals surface area (Å²) < 4.78 is 17.3. The fourth-order valence-corrected chi connectivity index (χ4v) is 5.88. The first-order valence-corrected chi connectivity index (χ1v) is 14.3. The van der Waals surface area contributed by atoms with Crippen molar-refractivity contribution >= 4 is 12.0 Å². The van der Waals surface area contributed by atoms with Crippen molar-refractivity contribution in [3.05, 3.63) is 59.7 Å². The SMILES string of the molecule is COCCCCC1(CNC(=O)[C@H]2C[C@@H](N(C)C)CN(C(=O)OC(C)(C)C)C2)c2ccccc2Oc2ccccc21. The molecule has 0 spiro atoms. The van der Waals surface area contributed by atoms with Crippen molar-refractivity contribution in [1.29, 1.82) is 0 Å². The highest BCUT2D eigenvalue weighted by molar-refractivity contribution is 5.80. The van der Waals surface area contributed by atoms with Gasteiger partial charge in [-0.2, -0.15) is 0 Å². The minimum atomic E-state index is -0.598. The number of hydrogen-bond acceptors (Lipinski definition) is 6. The van der Waals surface area contributed by atoms with Gasteiger partial charge in [0.1, 0.15) is 17.1 Å². The third-order valence-corrected chi connectivity index (χ3v) is 7.97. The maximum atomic E-state index is 13.8. The lowest BCUT2D eigenvalue weighted by Gasteiger charge is -2.42. The molecule has 2 aromatic rings. The maximum absolute atomic E-state index is 13.8. The molecule has 0 unspecified atom stereocenters. The molecule has 40 heavy (non-hydrogen) atoms. The predicted molar refractivity (Wildman–Crippen MR) is 156 cm³/mol. The van der Waals surface area contributed by atoms with Crippen molar-refractivity contribution in [2.45, 2.75) is 63.5 Å². The molecule has 1 fully saturated rings. The number of fused-ring (bicyclic) bond motifs is 2. The van der Waals surface area contributed by atoms with Crippen LogP contribution in [-0.2, 0) is 19.7 Å². The molecule has 1 N–H and O–H groups in total. The first-order chi connectivity index (χ1) is 19.0. The molecule has 2 aliphatic heterocycles. The Morgan fingerprint density at radius 2 is 1.65 bits per heavy atom. The number of hydrogen-bond donors (Lipinski definition) is 1. The average Bonchev–Trinajstić information content (AvgIpc) is 2.92. The Bertz CT molecular complexity index is 1130. The molecule has 4 rings (SSSR count). The standard InChI is InChI=1S/C32H45N3O5/c1-31(2,3)40-30(37)35-20-23(19-24(21-35)34(4)5)29(36)33-22-32(17-11-12-18-38-6)25-13-7-9-15-27(25)39-28-16-10-8-14-26(28)32/h7-10,13-16,23-24H,11-12,17-22H2,1-6H3,(H,33,36)/t23-,24+/m0/s1. The molecule has 0 radical (unpaired) electrons. The van der Waals surface area contributed by atoms with Crippen LogP contribution in [0.5, 0.6) is 11.5 Å². The van der Waals surface area contributed by atoms with Gasteiger partial charge in [0.2, 0.25) is 5.91 Å². The Hall–Kier alpha value is -3.10. The van der Waals surface area contributed by atoms with Crippen LogP contribution in [0.4, 0.5) is 4.79 Å². The van der Waals surface area contributed by atoms with Gasteiger partial charge in [-0.1, -0.05) is 36.4 Å². The second kappa shape index (κ2) is 12.6. The predicted octanol–water partition coefficient (Wildman–Crippen LogP) is 5.20. The quantitative estimate of drug-likeness (QED) is 0.432. The zero-order valence-corrected chi connectivity index (χ0v) is 24.9. The first kappa shape index (κ1) is 29.9. The number of unbranched alkanes of at least 4 members (excludes halogenated alkanes) is 1. The molecule has 8 nitrogen and oxygen atoms in total. The van der Waals surface area contributed by atoms with Gasteiger partial charge in [-0.05, 0) is 72.7 Å². The molecule has 2 heterocycles. The van der Waals surface area contributed by atoms with Crippen LogP contribution in [0.15, 0.2) is 48.5 Å². The van der Waals surface area contributed by atoms with E-state index in [1.54, 1.807) is 12.0 Å². The van der Waals surface area contributed by atoms with Gasteiger partial charge in [0.15, 0.2) is 0 Å². The van der Waals surface area contributed by atoms with Crippen LogP contribution in [0.2, 0.25) is 0 Å². The van der Waals surface area contributed by atoms with E-state index in [-0.39, 0.29) is 24.0 Å². The number of benzene rings is 2. The number of methoxy groups -OCH3 is 1. The number of nitrogens with one attached hydrogen (secondary N) is 1. The Balaban J connectivity index is 1.60. The molecule has 0 aromatic heterocycles. The van der Waals surface area contributed by atoms with Gasteiger partial charge < -0.3 is 29.3 Å². The fourth-order valence-electron chi connectivity index (χ4n) is 5.88. The zero-order valence-electron chi connectivity index (χ0n) is 24.9. The summed E-state index contributed by atoms with van der Waals surface area (Å²) in [5, 5.41) is 3.33. The van der Waals surface area contributed by atoms with E-state index in [9.17, 15) is 9.59 Å². The van der Waals surface area contributed by atoms with Crippen molar-refractivity contribution in [3.63, 3.8) is 0 Å². The minimum Gasteiger partial charge on any atom is -0.457 e. The Morgan fingerprint density at radius 3 is 2.23 bits per heavy atom. The number of likely N-dealkylation sites (tertiary alicyclic amines) is 1. The van der Waals surface area contributed by atoms with E-state index in [1.807, 2.05) is 71.3 Å². The first-order valence-electron chi connectivity index (χ1n) is 14.3. The molecule has 2 aliphatic rings. The molecular weight excluding hydrogens is 506 g/mol. The van der Waals surface area contributed by atoms with Crippen molar-refractivity contribution in [2.75, 3.05) is 47.4 Å². The van der Waals surface area contributed by atoms with Gasteiger partial charge in [-0.25, -0.2) is 4.79 Å². The third-order valence-electron chi connectivity index (χ3n) is 7.97. The van der Waals surface area contributed by atoms with E-state index in [4.69, 9.17) is 14.2 Å². The van der Waals surface area contributed by atoms with Gasteiger partial charge in [0.25, 0.3) is 0 Å². The lowest BCUT2D eigenvalue weighted by molar-refractivity contribution is -0.127. The second-order valence-corrected chi connectivity index (χ2v) is 12.3.